The van der Waals surface area contributed by atoms with Crippen molar-refractivity contribution >= 4 is 55.6 Å². The lowest BCUT2D eigenvalue weighted by atomic mass is 10.0. The molecule has 0 saturated heterocycles. The molecule has 0 radical (unpaired) electrons. The number of furan rings is 1. The van der Waals surface area contributed by atoms with E-state index in [1.807, 2.05) is 60.7 Å². The topological polar surface area (TPSA) is 69.1 Å². The van der Waals surface area contributed by atoms with Crippen molar-refractivity contribution < 1.29 is 9.21 Å². The van der Waals surface area contributed by atoms with Crippen LogP contribution in [0.2, 0.25) is 5.02 Å². The molecular weight excluding hydrogens is 404 g/mol. The third-order valence-corrected chi connectivity index (χ3v) is 6.30. The lowest BCUT2D eigenvalue weighted by molar-refractivity contribution is 0.102. The number of nitrogens with zero attached hydrogens (tertiary/aromatic N) is 1. The number of ketones is 1. The van der Waals surface area contributed by atoms with E-state index >= 15 is 0 Å². The molecule has 29 heavy (non-hydrogen) atoms. The number of para-hydroxylation sites is 1. The first-order valence-electron chi connectivity index (χ1n) is 9.00. The molecule has 5 aromatic rings. The van der Waals surface area contributed by atoms with Gasteiger partial charge in [0.25, 0.3) is 0 Å². The van der Waals surface area contributed by atoms with Crippen molar-refractivity contribution in [2.45, 2.75) is 6.92 Å². The van der Waals surface area contributed by atoms with E-state index in [9.17, 15) is 4.79 Å². The molecular formula is C23H15ClN2O2S. The van der Waals surface area contributed by atoms with Crippen LogP contribution < -0.4 is 5.73 Å². The van der Waals surface area contributed by atoms with Crippen molar-refractivity contribution in [1.29, 1.82) is 0 Å². The summed E-state index contributed by atoms with van der Waals surface area (Å²) in [6.07, 6.45) is 0. The minimum Gasteiger partial charge on any atom is -0.454 e. The van der Waals surface area contributed by atoms with Gasteiger partial charge in [-0.3, -0.25) is 4.79 Å². The zero-order valence-corrected chi connectivity index (χ0v) is 17.0. The molecule has 2 N–H and O–H groups in total. The van der Waals surface area contributed by atoms with E-state index in [2.05, 4.69) is 0 Å². The van der Waals surface area contributed by atoms with Crippen molar-refractivity contribution in [1.82, 2.24) is 4.98 Å². The Labute approximate surface area is 175 Å². The number of nitrogens with two attached hydrogens (primary N) is 1. The Morgan fingerprint density at radius 1 is 1.10 bits per heavy atom. The lowest BCUT2D eigenvalue weighted by Crippen LogP contribution is -1.95. The molecule has 3 heterocycles. The number of halogens is 1. The second kappa shape index (κ2) is 6.72. The van der Waals surface area contributed by atoms with E-state index in [4.69, 9.17) is 26.7 Å². The van der Waals surface area contributed by atoms with Crippen molar-refractivity contribution in [3.63, 3.8) is 0 Å². The smallest absolute Gasteiger partial charge is 0.171 e. The van der Waals surface area contributed by atoms with Crippen LogP contribution in [0, 0.1) is 0 Å². The minimum atomic E-state index is -0.0714. The maximum Gasteiger partial charge on any atom is 0.171 e. The largest absolute Gasteiger partial charge is 0.454 e. The zero-order valence-electron chi connectivity index (χ0n) is 15.4. The van der Waals surface area contributed by atoms with E-state index in [-0.39, 0.29) is 5.78 Å². The first-order valence-corrected chi connectivity index (χ1v) is 10.2. The fourth-order valence-corrected chi connectivity index (χ4v) is 4.62. The number of fused-ring (bicyclic) bond motifs is 2. The molecule has 5 rings (SSSR count). The van der Waals surface area contributed by atoms with Crippen molar-refractivity contribution in [2.75, 3.05) is 5.73 Å². The van der Waals surface area contributed by atoms with E-state index in [1.54, 1.807) is 0 Å². The van der Waals surface area contributed by atoms with Gasteiger partial charge in [0.05, 0.1) is 10.6 Å². The summed E-state index contributed by atoms with van der Waals surface area (Å²) in [7, 11) is 0. The second-order valence-electron chi connectivity index (χ2n) is 6.79. The van der Waals surface area contributed by atoms with Crippen LogP contribution in [-0.4, -0.2) is 10.8 Å². The minimum absolute atomic E-state index is 0.0714. The molecule has 0 aliphatic heterocycles. The van der Waals surface area contributed by atoms with Gasteiger partial charge < -0.3 is 10.2 Å². The third kappa shape index (κ3) is 2.99. The molecule has 0 aliphatic rings. The van der Waals surface area contributed by atoms with Crippen molar-refractivity contribution in [3.05, 3.63) is 70.6 Å². The van der Waals surface area contributed by atoms with E-state index in [0.717, 1.165) is 27.5 Å². The normalized spacial score (nSPS) is 11.4. The summed E-state index contributed by atoms with van der Waals surface area (Å²) in [5.74, 6) is 0.595. The van der Waals surface area contributed by atoms with Gasteiger partial charge in [-0.05, 0) is 41.5 Å². The third-order valence-electron chi connectivity index (χ3n) is 4.85. The number of hydrogen-bond donors (Lipinski definition) is 1. The van der Waals surface area contributed by atoms with Gasteiger partial charge in [0, 0.05) is 22.7 Å². The maximum absolute atomic E-state index is 12.1. The molecule has 2 aromatic carbocycles. The summed E-state index contributed by atoms with van der Waals surface area (Å²) >= 11 is 7.38. The first kappa shape index (κ1) is 17.9. The standard InChI is InChI=1S/C23H15ClN2O2S/c1-12(27)22-21(25)20-16(13-6-8-15(24)9-7-13)11-17(26-23(20)29-22)19-10-14-4-2-3-5-18(14)28-19/h2-11H,25H2,1H3. The number of thiophene rings is 1. The average Bonchev–Trinajstić information content (AvgIpc) is 3.29. The first-order chi connectivity index (χ1) is 14.0. The fourth-order valence-electron chi connectivity index (χ4n) is 3.47. The van der Waals surface area contributed by atoms with Gasteiger partial charge in [-0.1, -0.05) is 41.9 Å². The highest BCUT2D eigenvalue weighted by molar-refractivity contribution is 7.21. The Hall–Kier alpha value is -3.15. The van der Waals surface area contributed by atoms with Crippen LogP contribution in [0.4, 0.5) is 5.69 Å². The SMILES string of the molecule is CC(=O)c1sc2nc(-c3cc4ccccc4o3)cc(-c3ccc(Cl)cc3)c2c1N. The van der Waals surface area contributed by atoms with E-state index < -0.39 is 0 Å². The summed E-state index contributed by atoms with van der Waals surface area (Å²) in [4.78, 5) is 18.1. The summed E-state index contributed by atoms with van der Waals surface area (Å²) in [5.41, 5.74) is 10.1. The highest BCUT2D eigenvalue weighted by Crippen LogP contribution is 2.42. The van der Waals surface area contributed by atoms with Crippen LogP contribution in [0.25, 0.3) is 43.8 Å². The second-order valence-corrected chi connectivity index (χ2v) is 8.23. The predicted molar refractivity (Wildman–Crippen MR) is 120 cm³/mol. The molecule has 0 amide bonds. The van der Waals surface area contributed by atoms with Gasteiger partial charge in [-0.2, -0.15) is 0 Å². The van der Waals surface area contributed by atoms with Gasteiger partial charge in [0.1, 0.15) is 16.1 Å². The van der Waals surface area contributed by atoms with Gasteiger partial charge in [0.2, 0.25) is 0 Å². The van der Waals surface area contributed by atoms with Gasteiger partial charge >= 0.3 is 0 Å². The molecule has 0 atom stereocenters. The van der Waals surface area contributed by atoms with Gasteiger partial charge in [-0.25, -0.2) is 4.98 Å². The number of pyridine rings is 1. The Morgan fingerprint density at radius 2 is 1.86 bits per heavy atom. The fraction of sp³-hybridized carbons (Fsp3) is 0.0435. The lowest BCUT2D eigenvalue weighted by Gasteiger charge is -2.08. The molecule has 0 spiro atoms. The van der Waals surface area contributed by atoms with E-state index in [1.165, 1.54) is 18.3 Å². The molecule has 142 valence electrons. The number of carbonyl (C=O) groups excluding carboxylic acids is 1. The summed E-state index contributed by atoms with van der Waals surface area (Å²) in [6, 6.07) is 19.3. The number of Topliss-reactive ketones (excluding diaryl/α,β-unsaturated/α-hetero) is 1. The maximum atomic E-state index is 12.1. The Kier molecular flexibility index (Phi) is 4.15. The van der Waals surface area contributed by atoms with Crippen LogP contribution in [-0.2, 0) is 0 Å². The molecule has 0 aliphatic carbocycles. The molecule has 0 saturated carbocycles. The van der Waals surface area contributed by atoms with Crippen molar-refractivity contribution in [3.8, 4) is 22.6 Å². The number of hydrogen-bond acceptors (Lipinski definition) is 5. The highest BCUT2D eigenvalue weighted by atomic mass is 35.5. The Bertz CT molecular complexity index is 1370. The quantitative estimate of drug-likeness (QED) is 0.326. The average molecular weight is 419 g/mol. The van der Waals surface area contributed by atoms with Crippen LogP contribution in [0.5, 0.6) is 0 Å². The number of benzene rings is 2. The number of anilines is 1. The molecule has 6 heteroatoms. The number of carbonyl (C=O) groups is 1. The molecule has 4 nitrogen and oxygen atoms in total. The van der Waals surface area contributed by atoms with Crippen molar-refractivity contribution in [2.24, 2.45) is 0 Å². The Balaban J connectivity index is 1.82. The van der Waals surface area contributed by atoms with Gasteiger partial charge in [-0.15, -0.1) is 11.3 Å². The zero-order chi connectivity index (χ0) is 20.1. The molecule has 0 unspecified atom stereocenters. The number of nitrogen functional groups attached to an aromatic ring is 1. The van der Waals surface area contributed by atoms with Crippen LogP contribution in [0.3, 0.4) is 0 Å². The highest BCUT2D eigenvalue weighted by Gasteiger charge is 2.20. The Morgan fingerprint density at radius 3 is 2.59 bits per heavy atom. The van der Waals surface area contributed by atoms with Crippen LogP contribution >= 0.6 is 22.9 Å². The number of aromatic nitrogens is 1. The number of rotatable bonds is 3. The summed E-state index contributed by atoms with van der Waals surface area (Å²) < 4.78 is 6.02. The molecule has 3 aromatic heterocycles. The molecule has 0 bridgehead atoms. The summed E-state index contributed by atoms with van der Waals surface area (Å²) in [5, 5.41) is 2.44. The van der Waals surface area contributed by atoms with E-state index in [0.29, 0.717) is 31.9 Å². The predicted octanol–water partition coefficient (Wildman–Crippen LogP) is 6.81. The monoisotopic (exact) mass is 418 g/mol. The van der Waals surface area contributed by atoms with Crippen LogP contribution in [0.15, 0.2) is 65.1 Å². The summed E-state index contributed by atoms with van der Waals surface area (Å²) in [6.45, 7) is 1.52. The van der Waals surface area contributed by atoms with Gasteiger partial charge in [0.15, 0.2) is 11.5 Å². The molecule has 0 fully saturated rings. The van der Waals surface area contributed by atoms with Crippen LogP contribution in [0.1, 0.15) is 16.6 Å².